The lowest BCUT2D eigenvalue weighted by atomic mass is 9.98. The van der Waals surface area contributed by atoms with E-state index in [1.165, 1.54) is 17.0 Å². The van der Waals surface area contributed by atoms with E-state index in [2.05, 4.69) is 0 Å². The molecule has 0 radical (unpaired) electrons. The fourth-order valence-corrected chi connectivity index (χ4v) is 4.83. The third-order valence-corrected chi connectivity index (χ3v) is 6.70. The quantitative estimate of drug-likeness (QED) is 0.258. The minimum atomic E-state index is -4.83. The first-order valence-electron chi connectivity index (χ1n) is 12.2. The SMILES string of the molecule is N#Cc1ccc(N2C(=O)C(c3ccccc3)N(Cc3ccccc3Cc3ccccc3)C2=O)cc1C(F)(F)F. The first-order valence-corrected chi connectivity index (χ1v) is 12.2. The van der Waals surface area contributed by atoms with E-state index < -0.39 is 35.3 Å². The molecule has 1 atom stereocenters. The van der Waals surface area contributed by atoms with Gasteiger partial charge in [-0.15, -0.1) is 0 Å². The average Bonchev–Trinajstić information content (AvgIpc) is 3.18. The highest BCUT2D eigenvalue weighted by molar-refractivity contribution is 6.21. The van der Waals surface area contributed by atoms with Crippen LogP contribution >= 0.6 is 0 Å². The van der Waals surface area contributed by atoms with Gasteiger partial charge in [0.2, 0.25) is 0 Å². The Kier molecular flexibility index (Phi) is 6.90. The second kappa shape index (κ2) is 10.5. The monoisotopic (exact) mass is 525 g/mol. The van der Waals surface area contributed by atoms with Crippen molar-refractivity contribution < 1.29 is 22.8 Å². The van der Waals surface area contributed by atoms with Gasteiger partial charge in [0.15, 0.2) is 0 Å². The number of carbonyl (C=O) groups excluding carboxylic acids is 2. The molecular formula is C31H22F3N3O2. The van der Waals surface area contributed by atoms with E-state index in [1.807, 2.05) is 54.6 Å². The number of rotatable bonds is 6. The van der Waals surface area contributed by atoms with Gasteiger partial charge >= 0.3 is 12.2 Å². The Morgan fingerprint density at radius 1 is 0.795 bits per heavy atom. The van der Waals surface area contributed by atoms with E-state index in [1.54, 1.807) is 30.3 Å². The van der Waals surface area contributed by atoms with Crippen molar-refractivity contribution >= 4 is 17.6 Å². The number of urea groups is 1. The van der Waals surface area contributed by atoms with Gasteiger partial charge in [0, 0.05) is 6.54 Å². The van der Waals surface area contributed by atoms with Crippen molar-refractivity contribution in [2.24, 2.45) is 0 Å². The van der Waals surface area contributed by atoms with Crippen molar-refractivity contribution in [1.29, 1.82) is 5.26 Å². The maximum atomic E-state index is 13.8. The molecule has 0 saturated carbocycles. The molecule has 1 aliphatic heterocycles. The number of nitriles is 1. The first-order chi connectivity index (χ1) is 18.8. The van der Waals surface area contributed by atoms with Crippen LogP contribution in [0.4, 0.5) is 23.7 Å². The van der Waals surface area contributed by atoms with Gasteiger partial charge in [-0.05, 0) is 46.9 Å². The van der Waals surface area contributed by atoms with Crippen LogP contribution in [0.15, 0.2) is 103 Å². The minimum absolute atomic E-state index is 0.0754. The Bertz CT molecular complexity index is 1560. The fourth-order valence-electron chi connectivity index (χ4n) is 4.83. The number of alkyl halides is 3. The smallest absolute Gasteiger partial charge is 0.303 e. The highest BCUT2D eigenvalue weighted by Crippen LogP contribution is 2.39. The molecule has 8 heteroatoms. The Morgan fingerprint density at radius 2 is 1.41 bits per heavy atom. The molecule has 1 heterocycles. The summed E-state index contributed by atoms with van der Waals surface area (Å²) < 4.78 is 41.0. The van der Waals surface area contributed by atoms with Gasteiger partial charge in [0.05, 0.1) is 22.9 Å². The Balaban J connectivity index is 1.56. The second-order valence-electron chi connectivity index (χ2n) is 9.17. The molecule has 0 aromatic heterocycles. The van der Waals surface area contributed by atoms with E-state index in [9.17, 15) is 22.8 Å². The lowest BCUT2D eigenvalue weighted by Gasteiger charge is -2.23. The molecule has 0 spiro atoms. The summed E-state index contributed by atoms with van der Waals surface area (Å²) in [5.74, 6) is -0.662. The Labute approximate surface area is 223 Å². The number of hydrogen-bond donors (Lipinski definition) is 0. The van der Waals surface area contributed by atoms with Gasteiger partial charge in [-0.2, -0.15) is 18.4 Å². The largest absolute Gasteiger partial charge is 0.417 e. The first kappa shape index (κ1) is 25.7. The highest BCUT2D eigenvalue weighted by Gasteiger charge is 2.47. The highest BCUT2D eigenvalue weighted by atomic mass is 19.4. The molecule has 1 aliphatic rings. The van der Waals surface area contributed by atoms with Crippen molar-refractivity contribution in [3.05, 3.63) is 137 Å². The van der Waals surface area contributed by atoms with Gasteiger partial charge in [-0.1, -0.05) is 84.9 Å². The van der Waals surface area contributed by atoms with Gasteiger partial charge in [-0.25, -0.2) is 9.69 Å². The number of benzene rings is 4. The molecule has 4 aromatic carbocycles. The van der Waals surface area contributed by atoms with Gasteiger partial charge < -0.3 is 4.90 Å². The van der Waals surface area contributed by atoms with Crippen molar-refractivity contribution in [3.63, 3.8) is 0 Å². The van der Waals surface area contributed by atoms with Crippen molar-refractivity contribution in [3.8, 4) is 6.07 Å². The van der Waals surface area contributed by atoms with Crippen LogP contribution in [0.2, 0.25) is 0 Å². The van der Waals surface area contributed by atoms with E-state index in [-0.39, 0.29) is 12.2 Å². The molecular weight excluding hydrogens is 503 g/mol. The molecule has 1 fully saturated rings. The fraction of sp³-hybridized carbons (Fsp3) is 0.129. The predicted molar refractivity (Wildman–Crippen MR) is 139 cm³/mol. The maximum absolute atomic E-state index is 13.8. The van der Waals surface area contributed by atoms with Crippen LogP contribution in [0, 0.1) is 11.3 Å². The number of imide groups is 1. The summed E-state index contributed by atoms with van der Waals surface area (Å²) in [6, 6.07) is 28.7. The minimum Gasteiger partial charge on any atom is -0.303 e. The third kappa shape index (κ3) is 5.12. The zero-order chi connectivity index (χ0) is 27.6. The second-order valence-corrected chi connectivity index (χ2v) is 9.17. The van der Waals surface area contributed by atoms with Crippen LogP contribution in [0.5, 0.6) is 0 Å². The normalized spacial score (nSPS) is 15.5. The van der Waals surface area contributed by atoms with Crippen LogP contribution in [0.25, 0.3) is 0 Å². The molecule has 0 aliphatic carbocycles. The van der Waals surface area contributed by atoms with Crippen LogP contribution < -0.4 is 4.90 Å². The summed E-state index contributed by atoms with van der Waals surface area (Å²) in [4.78, 5) is 29.7. The number of carbonyl (C=O) groups is 2. The summed E-state index contributed by atoms with van der Waals surface area (Å²) >= 11 is 0. The molecule has 1 saturated heterocycles. The van der Waals surface area contributed by atoms with Crippen LogP contribution in [-0.4, -0.2) is 16.8 Å². The molecule has 0 bridgehead atoms. The Hall–Kier alpha value is -4.90. The summed E-state index contributed by atoms with van der Waals surface area (Å²) in [6.45, 7) is 0.0754. The molecule has 39 heavy (non-hydrogen) atoms. The lowest BCUT2D eigenvalue weighted by Crippen LogP contribution is -2.33. The summed E-state index contributed by atoms with van der Waals surface area (Å²) in [5.41, 5.74) is 1.38. The summed E-state index contributed by atoms with van der Waals surface area (Å²) in [7, 11) is 0. The van der Waals surface area contributed by atoms with E-state index in [4.69, 9.17) is 5.26 Å². The lowest BCUT2D eigenvalue weighted by molar-refractivity contribution is -0.137. The number of anilines is 1. The number of nitrogens with zero attached hydrogens (tertiary/aromatic N) is 3. The molecule has 1 unspecified atom stereocenters. The average molecular weight is 526 g/mol. The van der Waals surface area contributed by atoms with E-state index >= 15 is 0 Å². The zero-order valence-corrected chi connectivity index (χ0v) is 20.6. The van der Waals surface area contributed by atoms with Crippen LogP contribution in [0.1, 0.15) is 39.4 Å². The van der Waals surface area contributed by atoms with Crippen LogP contribution in [-0.2, 0) is 23.9 Å². The number of amides is 3. The van der Waals surface area contributed by atoms with Gasteiger partial charge in [-0.3, -0.25) is 4.79 Å². The Morgan fingerprint density at radius 3 is 2.05 bits per heavy atom. The summed E-state index contributed by atoms with van der Waals surface area (Å²) in [5, 5.41) is 9.16. The van der Waals surface area contributed by atoms with Gasteiger partial charge in [0.25, 0.3) is 5.91 Å². The topological polar surface area (TPSA) is 64.4 Å². The van der Waals surface area contributed by atoms with Crippen molar-refractivity contribution in [2.75, 3.05) is 4.90 Å². The maximum Gasteiger partial charge on any atom is 0.417 e. The molecule has 5 rings (SSSR count). The van der Waals surface area contributed by atoms with Gasteiger partial charge in [0.1, 0.15) is 6.04 Å². The number of halogens is 3. The third-order valence-electron chi connectivity index (χ3n) is 6.70. The molecule has 194 valence electrons. The summed E-state index contributed by atoms with van der Waals surface area (Å²) in [6.07, 6.45) is -4.22. The molecule has 3 amide bonds. The zero-order valence-electron chi connectivity index (χ0n) is 20.6. The van der Waals surface area contributed by atoms with Crippen molar-refractivity contribution in [2.45, 2.75) is 25.2 Å². The van der Waals surface area contributed by atoms with E-state index in [0.717, 1.165) is 27.7 Å². The number of hydrogen-bond acceptors (Lipinski definition) is 3. The molecule has 4 aromatic rings. The van der Waals surface area contributed by atoms with Crippen LogP contribution in [0.3, 0.4) is 0 Å². The molecule has 5 nitrogen and oxygen atoms in total. The van der Waals surface area contributed by atoms with Crippen molar-refractivity contribution in [1.82, 2.24) is 4.90 Å². The van der Waals surface area contributed by atoms with E-state index in [0.29, 0.717) is 18.1 Å². The molecule has 0 N–H and O–H groups in total. The predicted octanol–water partition coefficient (Wildman–Crippen LogP) is 6.88. The standard InChI is InChI=1S/C31H22F3N3O2/c32-31(33,34)27-18-26(16-15-24(27)19-35)37-29(38)28(22-11-5-2-6-12-22)36(30(37)39)20-25-14-8-7-13-23(25)17-21-9-3-1-4-10-21/h1-16,18,28H,17,20H2.